The van der Waals surface area contributed by atoms with E-state index < -0.39 is 6.04 Å². The highest BCUT2D eigenvalue weighted by atomic mass is 16.2. The highest BCUT2D eigenvalue weighted by Crippen LogP contribution is 2.01. The number of rotatable bonds is 4. The topological polar surface area (TPSA) is 95.7 Å². The van der Waals surface area contributed by atoms with Crippen LogP contribution in [0.1, 0.15) is 13.8 Å². The molecule has 0 aromatic rings. The second-order valence-corrected chi connectivity index (χ2v) is 5.12. The van der Waals surface area contributed by atoms with Crippen LogP contribution in [0.15, 0.2) is 0 Å². The van der Waals surface area contributed by atoms with Gasteiger partial charge < -0.3 is 20.9 Å². The molecule has 108 valence electrons. The molecule has 0 spiro atoms. The number of nitrogens with two attached hydrogens (primary N) is 1. The van der Waals surface area contributed by atoms with Crippen LogP contribution in [0.4, 0.5) is 0 Å². The van der Waals surface area contributed by atoms with E-state index in [0.717, 1.165) is 0 Å². The first-order valence-corrected chi connectivity index (χ1v) is 6.38. The molecule has 1 rings (SSSR count). The average molecular weight is 270 g/mol. The number of carbonyl (C=O) groups excluding carboxylic acids is 3. The molecule has 0 unspecified atom stereocenters. The maximum Gasteiger partial charge on any atom is 0.242 e. The van der Waals surface area contributed by atoms with Crippen LogP contribution in [-0.2, 0) is 14.4 Å². The quantitative estimate of drug-likeness (QED) is 0.642. The van der Waals surface area contributed by atoms with Crippen LogP contribution in [0.2, 0.25) is 0 Å². The first-order chi connectivity index (χ1) is 8.82. The Balaban J connectivity index is 2.40. The molecule has 1 aliphatic heterocycles. The summed E-state index contributed by atoms with van der Waals surface area (Å²) in [6.45, 7) is 4.64. The van der Waals surface area contributed by atoms with Crippen molar-refractivity contribution in [2.75, 3.05) is 33.2 Å². The van der Waals surface area contributed by atoms with E-state index in [-0.39, 0.29) is 36.7 Å². The van der Waals surface area contributed by atoms with Gasteiger partial charge in [0.05, 0.1) is 19.1 Å². The van der Waals surface area contributed by atoms with Crippen molar-refractivity contribution in [3.63, 3.8) is 0 Å². The van der Waals surface area contributed by atoms with Gasteiger partial charge in [-0.2, -0.15) is 0 Å². The van der Waals surface area contributed by atoms with E-state index in [1.807, 2.05) is 13.8 Å². The lowest BCUT2D eigenvalue weighted by molar-refractivity contribution is -0.144. The van der Waals surface area contributed by atoms with Gasteiger partial charge in [0.15, 0.2) is 0 Å². The summed E-state index contributed by atoms with van der Waals surface area (Å²) in [6, 6.07) is -0.623. The number of amides is 3. The first-order valence-electron chi connectivity index (χ1n) is 6.38. The van der Waals surface area contributed by atoms with Gasteiger partial charge in [0.1, 0.15) is 0 Å². The van der Waals surface area contributed by atoms with Gasteiger partial charge in [-0.1, -0.05) is 13.8 Å². The van der Waals surface area contributed by atoms with E-state index in [2.05, 4.69) is 5.32 Å². The first kappa shape index (κ1) is 15.4. The fraction of sp³-hybridized carbons (Fsp3) is 0.750. The third-order valence-corrected chi connectivity index (χ3v) is 3.24. The molecule has 3 N–H and O–H groups in total. The van der Waals surface area contributed by atoms with Crippen molar-refractivity contribution in [2.24, 2.45) is 11.7 Å². The third-order valence-electron chi connectivity index (χ3n) is 3.24. The molecule has 1 aliphatic rings. The molecule has 7 heteroatoms. The zero-order chi connectivity index (χ0) is 14.6. The Hall–Kier alpha value is -1.63. The summed E-state index contributed by atoms with van der Waals surface area (Å²) in [6.07, 6.45) is 0. The lowest BCUT2D eigenvalue weighted by Gasteiger charge is -2.32. The van der Waals surface area contributed by atoms with Crippen LogP contribution in [0.25, 0.3) is 0 Å². The van der Waals surface area contributed by atoms with E-state index in [1.165, 1.54) is 4.90 Å². The van der Waals surface area contributed by atoms with Crippen LogP contribution in [0.3, 0.4) is 0 Å². The lowest BCUT2D eigenvalue weighted by atomic mass is 10.1. The van der Waals surface area contributed by atoms with E-state index in [1.54, 1.807) is 11.9 Å². The van der Waals surface area contributed by atoms with Crippen LogP contribution >= 0.6 is 0 Å². The highest BCUT2D eigenvalue weighted by Gasteiger charge is 2.25. The Kier molecular flexibility index (Phi) is 5.29. The predicted octanol–water partition coefficient (Wildman–Crippen LogP) is -1.61. The van der Waals surface area contributed by atoms with Crippen LogP contribution in [-0.4, -0.2) is 66.8 Å². The van der Waals surface area contributed by atoms with Gasteiger partial charge in [0, 0.05) is 20.1 Å². The third kappa shape index (κ3) is 4.20. The van der Waals surface area contributed by atoms with Gasteiger partial charge in [-0.05, 0) is 5.92 Å². The molecule has 19 heavy (non-hydrogen) atoms. The fourth-order valence-corrected chi connectivity index (χ4v) is 1.67. The highest BCUT2D eigenvalue weighted by molar-refractivity contribution is 5.90. The standard InChI is InChI=1S/C12H22N4O3/c1-8(2)11(13)12(19)14-6-9(17)16-5-4-15(3)10(18)7-16/h8,11H,4-7,13H2,1-3H3,(H,14,19)/t11-/m0/s1. The van der Waals surface area contributed by atoms with Gasteiger partial charge in [0.2, 0.25) is 17.7 Å². The van der Waals surface area contributed by atoms with Crippen LogP contribution < -0.4 is 11.1 Å². The number of nitrogens with one attached hydrogen (secondary N) is 1. The fourth-order valence-electron chi connectivity index (χ4n) is 1.67. The Morgan fingerprint density at radius 2 is 2.00 bits per heavy atom. The second-order valence-electron chi connectivity index (χ2n) is 5.12. The minimum absolute atomic E-state index is 0.0142. The largest absolute Gasteiger partial charge is 0.346 e. The van der Waals surface area contributed by atoms with Crippen LogP contribution in [0, 0.1) is 5.92 Å². The molecule has 0 saturated carbocycles. The number of hydrogen-bond acceptors (Lipinski definition) is 4. The van der Waals surface area contributed by atoms with Gasteiger partial charge in [-0.25, -0.2) is 0 Å². The molecular formula is C12H22N4O3. The monoisotopic (exact) mass is 270 g/mol. The second kappa shape index (κ2) is 6.51. The van der Waals surface area contributed by atoms with Gasteiger partial charge in [-0.15, -0.1) is 0 Å². The molecule has 0 aromatic heterocycles. The van der Waals surface area contributed by atoms with E-state index >= 15 is 0 Å². The van der Waals surface area contributed by atoms with Crippen LogP contribution in [0.5, 0.6) is 0 Å². The molecule has 1 atom stereocenters. The Morgan fingerprint density at radius 1 is 1.37 bits per heavy atom. The summed E-state index contributed by atoms with van der Waals surface area (Å²) >= 11 is 0. The molecule has 0 aromatic carbocycles. The summed E-state index contributed by atoms with van der Waals surface area (Å²) in [5.41, 5.74) is 5.67. The van der Waals surface area contributed by atoms with Crippen molar-refractivity contribution in [1.82, 2.24) is 15.1 Å². The molecule has 3 amide bonds. The summed E-state index contributed by atoms with van der Waals surface area (Å²) in [7, 11) is 1.70. The summed E-state index contributed by atoms with van der Waals surface area (Å²) in [4.78, 5) is 38.0. The Morgan fingerprint density at radius 3 is 2.53 bits per heavy atom. The van der Waals surface area contributed by atoms with Crippen molar-refractivity contribution in [2.45, 2.75) is 19.9 Å². The summed E-state index contributed by atoms with van der Waals surface area (Å²) in [5.74, 6) is -0.681. The smallest absolute Gasteiger partial charge is 0.242 e. The number of likely N-dealkylation sites (N-methyl/N-ethyl adjacent to an activating group) is 1. The SMILES string of the molecule is CC(C)[C@H](N)C(=O)NCC(=O)N1CCN(C)C(=O)C1. The van der Waals surface area contributed by atoms with Crippen molar-refractivity contribution >= 4 is 17.7 Å². The Labute approximate surface area is 113 Å². The maximum atomic E-state index is 11.8. The van der Waals surface area contributed by atoms with E-state index in [4.69, 9.17) is 5.73 Å². The lowest BCUT2D eigenvalue weighted by Crippen LogP contribution is -2.54. The Bertz CT molecular complexity index is 370. The van der Waals surface area contributed by atoms with E-state index in [9.17, 15) is 14.4 Å². The molecule has 1 fully saturated rings. The van der Waals surface area contributed by atoms with Crippen molar-refractivity contribution in [1.29, 1.82) is 0 Å². The molecule has 1 heterocycles. The molecule has 1 saturated heterocycles. The van der Waals surface area contributed by atoms with Gasteiger partial charge in [0.25, 0.3) is 0 Å². The van der Waals surface area contributed by atoms with E-state index in [0.29, 0.717) is 13.1 Å². The van der Waals surface area contributed by atoms with Crippen molar-refractivity contribution in [3.8, 4) is 0 Å². The van der Waals surface area contributed by atoms with Crippen molar-refractivity contribution in [3.05, 3.63) is 0 Å². The summed E-state index contributed by atoms with van der Waals surface area (Å²) in [5, 5.41) is 2.51. The number of hydrogen-bond donors (Lipinski definition) is 2. The predicted molar refractivity (Wildman–Crippen MR) is 70.0 cm³/mol. The number of carbonyl (C=O) groups is 3. The number of piperazine rings is 1. The minimum atomic E-state index is -0.623. The van der Waals surface area contributed by atoms with Crippen molar-refractivity contribution < 1.29 is 14.4 Å². The molecule has 0 bridgehead atoms. The molecule has 0 aliphatic carbocycles. The minimum Gasteiger partial charge on any atom is -0.346 e. The maximum absolute atomic E-state index is 11.8. The molecular weight excluding hydrogens is 248 g/mol. The number of nitrogens with zero attached hydrogens (tertiary/aromatic N) is 2. The molecule has 0 radical (unpaired) electrons. The molecule has 7 nitrogen and oxygen atoms in total. The average Bonchev–Trinajstić information content (AvgIpc) is 2.37. The zero-order valence-electron chi connectivity index (χ0n) is 11.7. The normalized spacial score (nSPS) is 17.6. The summed E-state index contributed by atoms with van der Waals surface area (Å²) < 4.78 is 0. The van der Waals surface area contributed by atoms with Gasteiger partial charge >= 0.3 is 0 Å². The van der Waals surface area contributed by atoms with Gasteiger partial charge in [-0.3, -0.25) is 14.4 Å². The zero-order valence-corrected chi connectivity index (χ0v) is 11.7.